The van der Waals surface area contributed by atoms with Crippen molar-refractivity contribution < 1.29 is 0 Å². The summed E-state index contributed by atoms with van der Waals surface area (Å²) in [6, 6.07) is 9.52. The number of hydrogen-bond donors (Lipinski definition) is 2. The second-order valence-corrected chi connectivity index (χ2v) is 3.24. The average molecular weight is 228 g/mol. The number of para-hydroxylation sites is 1. The summed E-state index contributed by atoms with van der Waals surface area (Å²) in [4.78, 5) is 13.4. The van der Waals surface area contributed by atoms with Gasteiger partial charge in [-0.15, -0.1) is 0 Å². The lowest BCUT2D eigenvalue weighted by Gasteiger charge is -2.17. The molecule has 0 aliphatic carbocycles. The summed E-state index contributed by atoms with van der Waals surface area (Å²) in [5.74, 6) is 0.502. The van der Waals surface area contributed by atoms with Crippen LogP contribution in [-0.2, 0) is 0 Å². The van der Waals surface area contributed by atoms with Gasteiger partial charge in [-0.05, 0) is 12.1 Å². The van der Waals surface area contributed by atoms with E-state index < -0.39 is 0 Å². The fraction of sp³-hybridized carbons (Fsp3) is 0. The van der Waals surface area contributed by atoms with Gasteiger partial charge < -0.3 is 11.5 Å². The Kier molecular flexibility index (Phi) is 2.87. The average Bonchev–Trinajstić information content (AvgIpc) is 2.30. The highest BCUT2D eigenvalue weighted by Crippen LogP contribution is 2.22. The van der Waals surface area contributed by atoms with E-state index in [0.717, 1.165) is 5.69 Å². The van der Waals surface area contributed by atoms with Crippen LogP contribution < -0.4 is 16.4 Å². The highest BCUT2D eigenvalue weighted by atomic mass is 15.3. The molecule has 2 aromatic rings. The van der Waals surface area contributed by atoms with Crippen LogP contribution in [0, 0.1) is 0 Å². The summed E-state index contributed by atoms with van der Waals surface area (Å²) in [7, 11) is 0. The maximum atomic E-state index is 5.53. The van der Waals surface area contributed by atoms with Crippen molar-refractivity contribution in [2.45, 2.75) is 0 Å². The molecule has 4 N–H and O–H groups in total. The lowest BCUT2D eigenvalue weighted by molar-refractivity contribution is 1.03. The van der Waals surface area contributed by atoms with Gasteiger partial charge in [-0.25, -0.2) is 0 Å². The quantitative estimate of drug-likeness (QED) is 0.822. The van der Waals surface area contributed by atoms with E-state index >= 15 is 0 Å². The summed E-state index contributed by atoms with van der Waals surface area (Å²) < 4.78 is 0. The normalized spacial score (nSPS) is 9.88. The van der Waals surface area contributed by atoms with Gasteiger partial charge in [-0.2, -0.15) is 15.0 Å². The molecular formula is C11H12N6. The maximum absolute atomic E-state index is 5.53. The van der Waals surface area contributed by atoms with E-state index in [1.807, 2.05) is 30.3 Å². The molecule has 6 nitrogen and oxygen atoms in total. The van der Waals surface area contributed by atoms with E-state index in [2.05, 4.69) is 21.5 Å². The van der Waals surface area contributed by atoms with Crippen LogP contribution in [0.1, 0.15) is 0 Å². The summed E-state index contributed by atoms with van der Waals surface area (Å²) in [5, 5.41) is 0. The zero-order valence-electron chi connectivity index (χ0n) is 9.11. The van der Waals surface area contributed by atoms with Gasteiger partial charge in [-0.3, -0.25) is 4.90 Å². The topological polar surface area (TPSA) is 94.0 Å². The van der Waals surface area contributed by atoms with Crippen LogP contribution in [0.25, 0.3) is 0 Å². The number of anilines is 4. The SMILES string of the molecule is C=CN(c1ccccc1)c1nc(N)nc(N)n1. The molecule has 0 atom stereocenters. The van der Waals surface area contributed by atoms with Crippen LogP contribution in [-0.4, -0.2) is 15.0 Å². The molecule has 0 radical (unpaired) electrons. The molecule has 1 heterocycles. The predicted octanol–water partition coefficient (Wildman–Crippen LogP) is 1.32. The zero-order chi connectivity index (χ0) is 12.3. The van der Waals surface area contributed by atoms with Crippen LogP contribution in [0.4, 0.5) is 23.5 Å². The molecule has 0 aliphatic heterocycles. The molecule has 17 heavy (non-hydrogen) atoms. The first-order valence-electron chi connectivity index (χ1n) is 4.94. The van der Waals surface area contributed by atoms with Gasteiger partial charge in [0.05, 0.1) is 0 Å². The van der Waals surface area contributed by atoms with Crippen molar-refractivity contribution in [2.24, 2.45) is 0 Å². The first-order valence-corrected chi connectivity index (χ1v) is 4.94. The van der Waals surface area contributed by atoms with E-state index in [1.165, 1.54) is 0 Å². The van der Waals surface area contributed by atoms with E-state index in [0.29, 0.717) is 5.95 Å². The summed E-state index contributed by atoms with van der Waals surface area (Å²) in [6.45, 7) is 3.72. The Bertz CT molecular complexity index is 504. The van der Waals surface area contributed by atoms with Crippen molar-refractivity contribution in [3.8, 4) is 0 Å². The van der Waals surface area contributed by atoms with Gasteiger partial charge in [0.15, 0.2) is 0 Å². The Morgan fingerprint density at radius 1 is 1.00 bits per heavy atom. The van der Waals surface area contributed by atoms with Crippen LogP contribution in [0.15, 0.2) is 43.1 Å². The molecule has 0 spiro atoms. The molecule has 0 fully saturated rings. The minimum Gasteiger partial charge on any atom is -0.368 e. The molecule has 6 heteroatoms. The molecular weight excluding hydrogens is 216 g/mol. The van der Waals surface area contributed by atoms with E-state index in [1.54, 1.807) is 11.1 Å². The third-order valence-corrected chi connectivity index (χ3v) is 2.09. The molecule has 1 aromatic heterocycles. The van der Waals surface area contributed by atoms with Crippen molar-refractivity contribution in [3.63, 3.8) is 0 Å². The van der Waals surface area contributed by atoms with E-state index in [4.69, 9.17) is 11.5 Å². The molecule has 0 saturated carbocycles. The fourth-order valence-corrected chi connectivity index (χ4v) is 1.40. The largest absolute Gasteiger partial charge is 0.368 e. The van der Waals surface area contributed by atoms with Crippen molar-refractivity contribution in [2.75, 3.05) is 16.4 Å². The molecule has 0 amide bonds. The highest BCUT2D eigenvalue weighted by Gasteiger charge is 2.10. The summed E-state index contributed by atoms with van der Waals surface area (Å²) >= 11 is 0. The molecule has 86 valence electrons. The molecule has 2 rings (SSSR count). The molecule has 0 unspecified atom stereocenters. The Morgan fingerprint density at radius 2 is 1.59 bits per heavy atom. The van der Waals surface area contributed by atoms with Crippen molar-refractivity contribution in [3.05, 3.63) is 43.1 Å². The molecule has 0 aliphatic rings. The Morgan fingerprint density at radius 3 is 2.12 bits per heavy atom. The van der Waals surface area contributed by atoms with Crippen LogP contribution in [0.3, 0.4) is 0 Å². The van der Waals surface area contributed by atoms with Gasteiger partial charge in [-0.1, -0.05) is 24.8 Å². The molecule has 0 saturated heterocycles. The minimum absolute atomic E-state index is 0.0790. The Labute approximate surface area is 98.6 Å². The number of nitrogens with two attached hydrogens (primary N) is 2. The lowest BCUT2D eigenvalue weighted by atomic mass is 10.3. The number of aromatic nitrogens is 3. The monoisotopic (exact) mass is 228 g/mol. The second-order valence-electron chi connectivity index (χ2n) is 3.24. The van der Waals surface area contributed by atoms with E-state index in [-0.39, 0.29) is 11.9 Å². The first-order chi connectivity index (χ1) is 8.20. The minimum atomic E-state index is 0.0790. The smallest absolute Gasteiger partial charge is 0.240 e. The lowest BCUT2D eigenvalue weighted by Crippen LogP contribution is -2.14. The van der Waals surface area contributed by atoms with Crippen molar-refractivity contribution in [1.29, 1.82) is 0 Å². The van der Waals surface area contributed by atoms with Gasteiger partial charge in [0.1, 0.15) is 0 Å². The third-order valence-electron chi connectivity index (χ3n) is 2.09. The predicted molar refractivity (Wildman–Crippen MR) is 67.4 cm³/mol. The summed E-state index contributed by atoms with van der Waals surface area (Å²) in [6.07, 6.45) is 1.59. The second kappa shape index (κ2) is 4.48. The van der Waals surface area contributed by atoms with E-state index in [9.17, 15) is 0 Å². The van der Waals surface area contributed by atoms with Gasteiger partial charge >= 0.3 is 0 Å². The fourth-order valence-electron chi connectivity index (χ4n) is 1.40. The third kappa shape index (κ3) is 2.31. The number of hydrogen-bond acceptors (Lipinski definition) is 6. The standard InChI is InChI=1S/C11H12N6/c1-2-17(8-6-4-3-5-7-8)11-15-9(12)14-10(13)16-11/h2-7H,1H2,(H4,12,13,14,15,16). The van der Waals surface area contributed by atoms with Crippen LogP contribution in [0.5, 0.6) is 0 Å². The number of nitrogen functional groups attached to an aromatic ring is 2. The van der Waals surface area contributed by atoms with Crippen LogP contribution >= 0.6 is 0 Å². The summed E-state index contributed by atoms with van der Waals surface area (Å²) in [5.41, 5.74) is 11.9. The van der Waals surface area contributed by atoms with Gasteiger partial charge in [0.2, 0.25) is 17.8 Å². The maximum Gasteiger partial charge on any atom is 0.240 e. The van der Waals surface area contributed by atoms with Crippen molar-refractivity contribution in [1.82, 2.24) is 15.0 Å². The van der Waals surface area contributed by atoms with Crippen molar-refractivity contribution >= 4 is 23.5 Å². The highest BCUT2D eigenvalue weighted by molar-refractivity contribution is 5.60. The van der Waals surface area contributed by atoms with Crippen LogP contribution in [0.2, 0.25) is 0 Å². The number of benzene rings is 1. The zero-order valence-corrected chi connectivity index (χ0v) is 9.11. The molecule has 0 bridgehead atoms. The number of rotatable bonds is 3. The Balaban J connectivity index is 2.46. The van der Waals surface area contributed by atoms with Gasteiger partial charge in [0.25, 0.3) is 0 Å². The molecule has 1 aromatic carbocycles. The Hall–Kier alpha value is -2.63. The number of nitrogens with zero attached hydrogens (tertiary/aromatic N) is 4. The van der Waals surface area contributed by atoms with Gasteiger partial charge in [0, 0.05) is 11.9 Å². The first kappa shape index (κ1) is 10.9.